The van der Waals surface area contributed by atoms with Crippen molar-refractivity contribution < 1.29 is 13.2 Å². The largest absolute Gasteiger partial charge is 0.281 e. The summed E-state index contributed by atoms with van der Waals surface area (Å²) >= 11 is 5.66. The molecule has 0 radical (unpaired) electrons. The number of hydrogen-bond donors (Lipinski definition) is 1. The molecule has 8 heteroatoms. The molecule has 1 fully saturated rings. The average Bonchev–Trinajstić information content (AvgIpc) is 3.29. The van der Waals surface area contributed by atoms with Crippen LogP contribution < -0.4 is 4.72 Å². The summed E-state index contributed by atoms with van der Waals surface area (Å²) < 4.78 is 26.2. The van der Waals surface area contributed by atoms with E-state index in [1.165, 1.54) is 18.3 Å². The third-order valence-electron chi connectivity index (χ3n) is 3.45. The fourth-order valence-corrected chi connectivity index (χ4v) is 3.30. The summed E-state index contributed by atoms with van der Waals surface area (Å²) in [6.45, 7) is 0. The second-order valence-electron chi connectivity index (χ2n) is 5.02. The summed E-state index contributed by atoms with van der Waals surface area (Å²) in [6.07, 6.45) is 5.17. The molecule has 0 unspecified atom stereocenters. The van der Waals surface area contributed by atoms with Crippen LogP contribution in [0.15, 0.2) is 47.9 Å². The van der Waals surface area contributed by atoms with Crippen LogP contribution >= 0.6 is 11.6 Å². The average molecular weight is 338 g/mol. The molecule has 0 aromatic carbocycles. The molecule has 114 valence electrons. The Balaban J connectivity index is 1.69. The lowest BCUT2D eigenvalue weighted by Crippen LogP contribution is -2.32. The number of amides is 1. The van der Waals surface area contributed by atoms with Crippen molar-refractivity contribution in [3.63, 3.8) is 0 Å². The maximum absolute atomic E-state index is 12.1. The zero-order valence-corrected chi connectivity index (χ0v) is 12.9. The van der Waals surface area contributed by atoms with Crippen LogP contribution in [0.3, 0.4) is 0 Å². The first-order chi connectivity index (χ1) is 10.5. The Bertz CT molecular complexity index is 794. The van der Waals surface area contributed by atoms with Gasteiger partial charge in [-0.15, -0.1) is 0 Å². The Labute approximate surface area is 132 Å². The van der Waals surface area contributed by atoms with Crippen molar-refractivity contribution in [3.05, 3.63) is 53.4 Å². The molecule has 2 atom stereocenters. The monoisotopic (exact) mass is 337 g/mol. The molecular weight excluding hydrogens is 326 g/mol. The van der Waals surface area contributed by atoms with Gasteiger partial charge in [0.05, 0.1) is 5.02 Å². The molecule has 2 heterocycles. The highest BCUT2D eigenvalue weighted by Gasteiger charge is 2.45. The van der Waals surface area contributed by atoms with Crippen LogP contribution in [0.4, 0.5) is 0 Å². The Morgan fingerprint density at radius 1 is 1.27 bits per heavy atom. The summed E-state index contributed by atoms with van der Waals surface area (Å²) in [5.41, 5.74) is 0.935. The Morgan fingerprint density at radius 2 is 2.09 bits per heavy atom. The van der Waals surface area contributed by atoms with E-state index in [4.69, 9.17) is 11.6 Å². The van der Waals surface area contributed by atoms with Crippen molar-refractivity contribution in [2.24, 2.45) is 5.92 Å². The normalized spacial score (nSPS) is 20.4. The molecule has 22 heavy (non-hydrogen) atoms. The first-order valence-electron chi connectivity index (χ1n) is 6.55. The third-order valence-corrected chi connectivity index (χ3v) is 4.94. The van der Waals surface area contributed by atoms with Gasteiger partial charge in [-0.1, -0.05) is 17.7 Å². The van der Waals surface area contributed by atoms with E-state index in [2.05, 4.69) is 14.7 Å². The second-order valence-corrected chi connectivity index (χ2v) is 7.09. The molecule has 1 aliphatic rings. The molecule has 2 aromatic heterocycles. The molecule has 6 nitrogen and oxygen atoms in total. The zero-order chi connectivity index (χ0) is 15.7. The number of sulfonamides is 1. The fraction of sp³-hybridized carbons (Fsp3) is 0.214. The number of carbonyl (C=O) groups is 1. The van der Waals surface area contributed by atoms with Crippen LogP contribution in [-0.4, -0.2) is 24.3 Å². The smallest absolute Gasteiger partial charge is 0.274 e. The van der Waals surface area contributed by atoms with Crippen molar-refractivity contribution in [3.8, 4) is 0 Å². The van der Waals surface area contributed by atoms with Gasteiger partial charge in [-0.05, 0) is 36.1 Å². The standard InChI is InChI=1S/C14H12ClN3O3S/c15-10-3-4-13(17-8-10)22(20,21)18-14(19)12-6-11(12)9-2-1-5-16-7-9/h1-5,7-8,11-12H,6H2,(H,18,19)/t11-,12-/m1/s1. The van der Waals surface area contributed by atoms with Crippen LogP contribution in [0.25, 0.3) is 0 Å². The molecular formula is C14H12ClN3O3S. The van der Waals surface area contributed by atoms with Gasteiger partial charge >= 0.3 is 0 Å². The van der Waals surface area contributed by atoms with E-state index in [-0.39, 0.29) is 16.9 Å². The number of hydrogen-bond acceptors (Lipinski definition) is 5. The predicted molar refractivity (Wildman–Crippen MR) is 79.7 cm³/mol. The van der Waals surface area contributed by atoms with E-state index in [0.29, 0.717) is 11.4 Å². The van der Waals surface area contributed by atoms with Crippen molar-refractivity contribution in [1.82, 2.24) is 14.7 Å². The van der Waals surface area contributed by atoms with Crippen molar-refractivity contribution in [1.29, 1.82) is 0 Å². The van der Waals surface area contributed by atoms with E-state index in [9.17, 15) is 13.2 Å². The molecule has 3 rings (SSSR count). The maximum atomic E-state index is 12.1. The molecule has 2 aromatic rings. The van der Waals surface area contributed by atoms with Gasteiger partial charge in [-0.2, -0.15) is 8.42 Å². The first-order valence-corrected chi connectivity index (χ1v) is 8.41. The van der Waals surface area contributed by atoms with Gasteiger partial charge in [0.1, 0.15) is 0 Å². The number of aromatic nitrogens is 2. The zero-order valence-electron chi connectivity index (χ0n) is 11.3. The van der Waals surface area contributed by atoms with Crippen molar-refractivity contribution >= 4 is 27.5 Å². The Morgan fingerprint density at radius 3 is 2.73 bits per heavy atom. The molecule has 1 amide bonds. The van der Waals surface area contributed by atoms with Gasteiger partial charge in [0.15, 0.2) is 5.03 Å². The van der Waals surface area contributed by atoms with Crippen molar-refractivity contribution in [2.45, 2.75) is 17.4 Å². The van der Waals surface area contributed by atoms with Gasteiger partial charge in [-0.3, -0.25) is 9.78 Å². The first kappa shape index (κ1) is 14.9. The number of nitrogens with one attached hydrogen (secondary N) is 1. The maximum Gasteiger partial charge on any atom is 0.281 e. The molecule has 0 bridgehead atoms. The topological polar surface area (TPSA) is 89.0 Å². The summed E-state index contributed by atoms with van der Waals surface area (Å²) in [7, 11) is -3.97. The summed E-state index contributed by atoms with van der Waals surface area (Å²) in [4.78, 5) is 19.8. The highest BCUT2D eigenvalue weighted by molar-refractivity contribution is 7.90. The lowest BCUT2D eigenvalue weighted by Gasteiger charge is -2.06. The number of halogens is 1. The van der Waals surface area contributed by atoms with Crippen LogP contribution in [0.5, 0.6) is 0 Å². The minimum Gasteiger partial charge on any atom is -0.274 e. The molecule has 1 saturated carbocycles. The second kappa shape index (κ2) is 5.66. The third kappa shape index (κ3) is 3.10. The quantitative estimate of drug-likeness (QED) is 0.917. The lowest BCUT2D eigenvalue weighted by atomic mass is 10.1. The van der Waals surface area contributed by atoms with Gasteiger partial charge < -0.3 is 0 Å². The summed E-state index contributed by atoms with van der Waals surface area (Å²) in [5, 5.41) is 0.0907. The highest BCUT2D eigenvalue weighted by Crippen LogP contribution is 2.47. The SMILES string of the molecule is O=C(NS(=O)(=O)c1ccc(Cl)cn1)[C@@H]1C[C@@H]1c1cccnc1. The predicted octanol–water partition coefficient (Wildman–Crippen LogP) is 1.74. The van der Waals surface area contributed by atoms with Crippen LogP contribution in [-0.2, 0) is 14.8 Å². The Hall–Kier alpha value is -1.99. The molecule has 0 spiro atoms. The van der Waals surface area contributed by atoms with E-state index in [1.807, 2.05) is 6.07 Å². The van der Waals surface area contributed by atoms with E-state index in [0.717, 1.165) is 5.56 Å². The molecule has 0 aliphatic heterocycles. The molecule has 0 saturated heterocycles. The lowest BCUT2D eigenvalue weighted by molar-refractivity contribution is -0.120. The van der Waals surface area contributed by atoms with Gasteiger partial charge in [0.2, 0.25) is 5.91 Å². The van der Waals surface area contributed by atoms with E-state index in [1.54, 1.807) is 18.5 Å². The highest BCUT2D eigenvalue weighted by atomic mass is 35.5. The number of pyridine rings is 2. The number of rotatable bonds is 4. The molecule has 1 aliphatic carbocycles. The number of carbonyl (C=O) groups excluding carboxylic acids is 1. The van der Waals surface area contributed by atoms with Crippen LogP contribution in [0.1, 0.15) is 17.9 Å². The number of nitrogens with zero attached hydrogens (tertiary/aromatic N) is 2. The van der Waals surface area contributed by atoms with Crippen LogP contribution in [0, 0.1) is 5.92 Å². The summed E-state index contributed by atoms with van der Waals surface area (Å²) in [6, 6.07) is 6.32. The van der Waals surface area contributed by atoms with Gasteiger partial charge in [-0.25, -0.2) is 9.71 Å². The van der Waals surface area contributed by atoms with E-state index >= 15 is 0 Å². The Kier molecular flexibility index (Phi) is 3.84. The van der Waals surface area contributed by atoms with Crippen molar-refractivity contribution in [2.75, 3.05) is 0 Å². The van der Waals surface area contributed by atoms with Crippen LogP contribution in [0.2, 0.25) is 5.02 Å². The minimum atomic E-state index is -3.97. The molecule has 1 N–H and O–H groups in total. The fourth-order valence-electron chi connectivity index (χ4n) is 2.23. The van der Waals surface area contributed by atoms with E-state index < -0.39 is 15.9 Å². The van der Waals surface area contributed by atoms with Gasteiger partial charge in [0.25, 0.3) is 10.0 Å². The minimum absolute atomic E-state index is 0.0158. The summed E-state index contributed by atoms with van der Waals surface area (Å²) in [5.74, 6) is -0.862. The van der Waals surface area contributed by atoms with Gasteiger partial charge in [0, 0.05) is 24.5 Å².